The van der Waals surface area contributed by atoms with Gasteiger partial charge in [-0.3, -0.25) is 4.98 Å². The van der Waals surface area contributed by atoms with Gasteiger partial charge in [-0.15, -0.1) is 0 Å². The number of aryl methyl sites for hydroxylation is 1. The Morgan fingerprint density at radius 3 is 2.62 bits per heavy atom. The minimum Gasteiger partial charge on any atom is -0.353 e. The topological polar surface area (TPSA) is 72.3 Å². The Morgan fingerprint density at radius 1 is 1.00 bits per heavy atom. The zero-order valence-electron chi connectivity index (χ0n) is 13.8. The summed E-state index contributed by atoms with van der Waals surface area (Å²) in [5.74, 6) is 0.522. The predicted octanol–water partition coefficient (Wildman–Crippen LogP) is 4.32. The molecule has 0 bridgehead atoms. The first-order valence-electron chi connectivity index (χ1n) is 8.10. The van der Waals surface area contributed by atoms with Gasteiger partial charge < -0.3 is 4.98 Å². The maximum atomic E-state index is 6.40. The molecule has 0 unspecified atom stereocenters. The molecule has 0 radical (unpaired) electrons. The molecule has 0 amide bonds. The van der Waals surface area contributed by atoms with Crippen LogP contribution in [0.4, 0.5) is 0 Å². The van der Waals surface area contributed by atoms with Crippen LogP contribution >= 0.6 is 11.6 Å². The Bertz CT molecular complexity index is 1240. The van der Waals surface area contributed by atoms with E-state index < -0.39 is 0 Å². The lowest BCUT2D eigenvalue weighted by Gasteiger charge is -2.06. The molecule has 4 aromatic heterocycles. The zero-order chi connectivity index (χ0) is 17.7. The summed E-state index contributed by atoms with van der Waals surface area (Å²) >= 11 is 6.40. The predicted molar refractivity (Wildman–Crippen MR) is 101 cm³/mol. The summed E-state index contributed by atoms with van der Waals surface area (Å²) in [5, 5.41) is 6.98. The van der Waals surface area contributed by atoms with Crippen molar-refractivity contribution in [3.63, 3.8) is 0 Å². The second-order valence-corrected chi connectivity index (χ2v) is 6.48. The number of fused-ring (bicyclic) bond motifs is 3. The summed E-state index contributed by atoms with van der Waals surface area (Å²) in [6.07, 6.45) is 8.88. The summed E-state index contributed by atoms with van der Waals surface area (Å²) < 4.78 is 1.62. The molecule has 0 fully saturated rings. The van der Waals surface area contributed by atoms with Crippen molar-refractivity contribution in [2.75, 3.05) is 0 Å². The van der Waals surface area contributed by atoms with Crippen molar-refractivity contribution in [3.05, 3.63) is 66.0 Å². The second-order valence-electron chi connectivity index (χ2n) is 6.04. The molecule has 0 saturated carbocycles. The van der Waals surface area contributed by atoms with Crippen LogP contribution in [0.2, 0.25) is 5.02 Å². The molecule has 26 heavy (non-hydrogen) atoms. The smallest absolute Gasteiger partial charge is 0.250 e. The van der Waals surface area contributed by atoms with Crippen LogP contribution in [-0.4, -0.2) is 29.7 Å². The SMILES string of the molecule is Cc1nccc2c1[nH]c1c(-c3cnc(-n4cccn4)nc3)cc(Cl)cc12. The lowest BCUT2D eigenvalue weighted by Crippen LogP contribution is -2.00. The van der Waals surface area contributed by atoms with Gasteiger partial charge in [0, 0.05) is 57.9 Å². The minimum atomic E-state index is 0.522. The van der Waals surface area contributed by atoms with E-state index in [9.17, 15) is 0 Å². The molecule has 5 aromatic rings. The minimum absolute atomic E-state index is 0.522. The largest absolute Gasteiger partial charge is 0.353 e. The number of aromatic nitrogens is 6. The summed E-state index contributed by atoms with van der Waals surface area (Å²) in [5.41, 5.74) is 4.79. The monoisotopic (exact) mass is 360 g/mol. The van der Waals surface area contributed by atoms with E-state index in [1.165, 1.54) is 0 Å². The van der Waals surface area contributed by atoms with Crippen molar-refractivity contribution < 1.29 is 0 Å². The maximum Gasteiger partial charge on any atom is 0.250 e. The lowest BCUT2D eigenvalue weighted by molar-refractivity contribution is 0.809. The molecule has 5 rings (SSSR count). The van der Waals surface area contributed by atoms with E-state index in [0.717, 1.165) is 38.6 Å². The second kappa shape index (κ2) is 5.64. The van der Waals surface area contributed by atoms with E-state index in [1.54, 1.807) is 29.5 Å². The summed E-state index contributed by atoms with van der Waals surface area (Å²) in [6, 6.07) is 7.73. The van der Waals surface area contributed by atoms with Crippen molar-refractivity contribution in [2.24, 2.45) is 0 Å². The molecule has 0 aliphatic carbocycles. The van der Waals surface area contributed by atoms with Crippen LogP contribution in [0.3, 0.4) is 0 Å². The summed E-state index contributed by atoms with van der Waals surface area (Å²) in [6.45, 7) is 1.99. The van der Waals surface area contributed by atoms with Crippen LogP contribution < -0.4 is 0 Å². The number of nitrogens with zero attached hydrogens (tertiary/aromatic N) is 5. The molecular weight excluding hydrogens is 348 g/mol. The van der Waals surface area contributed by atoms with Crippen molar-refractivity contribution in [2.45, 2.75) is 6.92 Å². The number of hydrogen-bond donors (Lipinski definition) is 1. The highest BCUT2D eigenvalue weighted by Gasteiger charge is 2.14. The number of H-pyrrole nitrogens is 1. The molecule has 6 nitrogen and oxygen atoms in total. The standard InChI is InChI=1S/C19H13ClN6/c1-11-17-14(3-5-21-11)16-8-13(20)7-15(18(16)25-17)12-9-22-19(23-10-12)26-6-2-4-24-26/h2-10,25H,1H3. The van der Waals surface area contributed by atoms with Crippen LogP contribution in [0.15, 0.2) is 55.2 Å². The first-order valence-corrected chi connectivity index (χ1v) is 8.47. The van der Waals surface area contributed by atoms with E-state index in [0.29, 0.717) is 11.0 Å². The average molecular weight is 361 g/mol. The van der Waals surface area contributed by atoms with Crippen molar-refractivity contribution >= 4 is 33.4 Å². The number of aromatic amines is 1. The Hall–Kier alpha value is -3.25. The highest BCUT2D eigenvalue weighted by molar-refractivity contribution is 6.32. The average Bonchev–Trinajstić information content (AvgIpc) is 3.30. The number of halogens is 1. The molecule has 0 aliphatic heterocycles. The van der Waals surface area contributed by atoms with Gasteiger partial charge in [-0.25, -0.2) is 14.6 Å². The normalized spacial score (nSPS) is 11.5. The van der Waals surface area contributed by atoms with Gasteiger partial charge in [0.25, 0.3) is 0 Å². The van der Waals surface area contributed by atoms with Gasteiger partial charge in [-0.05, 0) is 31.2 Å². The number of hydrogen-bond acceptors (Lipinski definition) is 4. The first kappa shape index (κ1) is 15.0. The van der Waals surface area contributed by atoms with E-state index in [4.69, 9.17) is 11.6 Å². The first-order chi connectivity index (χ1) is 12.7. The van der Waals surface area contributed by atoms with Crippen LogP contribution in [0.1, 0.15) is 5.69 Å². The molecule has 7 heteroatoms. The molecule has 126 valence electrons. The van der Waals surface area contributed by atoms with Gasteiger partial charge in [-0.2, -0.15) is 5.10 Å². The van der Waals surface area contributed by atoms with Crippen molar-refractivity contribution in [3.8, 4) is 17.1 Å². The fourth-order valence-corrected chi connectivity index (χ4v) is 3.44. The van der Waals surface area contributed by atoms with Gasteiger partial charge >= 0.3 is 0 Å². The molecule has 1 aromatic carbocycles. The van der Waals surface area contributed by atoms with Crippen LogP contribution in [0.5, 0.6) is 0 Å². The van der Waals surface area contributed by atoms with Gasteiger partial charge in [0.05, 0.1) is 16.7 Å². The van der Waals surface area contributed by atoms with Gasteiger partial charge in [-0.1, -0.05) is 11.6 Å². The molecule has 0 spiro atoms. The van der Waals surface area contributed by atoms with Crippen LogP contribution in [0, 0.1) is 6.92 Å². The molecule has 1 N–H and O–H groups in total. The number of benzene rings is 1. The van der Waals surface area contributed by atoms with Gasteiger partial charge in [0.2, 0.25) is 5.95 Å². The summed E-state index contributed by atoms with van der Waals surface area (Å²) in [7, 11) is 0. The zero-order valence-corrected chi connectivity index (χ0v) is 14.6. The Morgan fingerprint density at radius 2 is 1.85 bits per heavy atom. The Balaban J connectivity index is 1.73. The van der Waals surface area contributed by atoms with E-state index >= 15 is 0 Å². The number of pyridine rings is 1. The van der Waals surface area contributed by atoms with E-state index in [-0.39, 0.29) is 0 Å². The fourth-order valence-electron chi connectivity index (χ4n) is 3.22. The van der Waals surface area contributed by atoms with E-state index in [2.05, 4.69) is 25.0 Å². The highest BCUT2D eigenvalue weighted by Crippen LogP contribution is 2.36. The lowest BCUT2D eigenvalue weighted by atomic mass is 10.0. The Kier molecular flexibility index (Phi) is 3.26. The number of nitrogens with one attached hydrogen (secondary N) is 1. The Labute approximate surface area is 153 Å². The quantitative estimate of drug-likeness (QED) is 0.509. The van der Waals surface area contributed by atoms with Crippen LogP contribution in [-0.2, 0) is 0 Å². The third-order valence-electron chi connectivity index (χ3n) is 4.44. The third-order valence-corrected chi connectivity index (χ3v) is 4.66. The third kappa shape index (κ3) is 2.27. The summed E-state index contributed by atoms with van der Waals surface area (Å²) in [4.78, 5) is 16.7. The van der Waals surface area contributed by atoms with Crippen molar-refractivity contribution in [1.82, 2.24) is 29.7 Å². The molecule has 0 saturated heterocycles. The van der Waals surface area contributed by atoms with Crippen molar-refractivity contribution in [1.29, 1.82) is 0 Å². The van der Waals surface area contributed by atoms with Gasteiger partial charge in [0.15, 0.2) is 0 Å². The van der Waals surface area contributed by atoms with Crippen LogP contribution in [0.25, 0.3) is 38.9 Å². The van der Waals surface area contributed by atoms with Gasteiger partial charge in [0.1, 0.15) is 0 Å². The fraction of sp³-hybridized carbons (Fsp3) is 0.0526. The molecule has 0 atom stereocenters. The highest BCUT2D eigenvalue weighted by atomic mass is 35.5. The van der Waals surface area contributed by atoms with E-state index in [1.807, 2.05) is 37.4 Å². The number of rotatable bonds is 2. The molecular formula is C19H13ClN6. The molecule has 4 heterocycles. The maximum absolute atomic E-state index is 6.40. The molecule has 0 aliphatic rings.